The molecule has 0 spiro atoms. The van der Waals surface area contributed by atoms with Gasteiger partial charge in [-0.3, -0.25) is 0 Å². The number of methoxy groups -OCH3 is 2. The number of carbonyl (C=O) groups is 1. The van der Waals surface area contributed by atoms with Gasteiger partial charge in [0.05, 0.1) is 14.2 Å². The molecule has 0 amide bonds. The summed E-state index contributed by atoms with van der Waals surface area (Å²) in [5.41, 5.74) is 2.49. The van der Waals surface area contributed by atoms with Gasteiger partial charge in [-0.05, 0) is 31.6 Å². The quantitative estimate of drug-likeness (QED) is 0.816. The zero-order valence-electron chi connectivity index (χ0n) is 10.4. The number of hydrogen-bond donors (Lipinski definition) is 1. The minimum absolute atomic E-state index is 0.667. The highest BCUT2D eigenvalue weighted by Gasteiger charge is 2.12. The maximum atomic E-state index is 10.6. The average Bonchev–Trinajstić information content (AvgIpc) is 2.29. The van der Waals surface area contributed by atoms with E-state index in [-0.39, 0.29) is 0 Å². The van der Waals surface area contributed by atoms with Gasteiger partial charge < -0.3 is 14.6 Å². The molecule has 1 N–H and O–H groups in total. The molecule has 0 aliphatic carbocycles. The molecule has 0 aromatic heterocycles. The molecule has 0 saturated carbocycles. The summed E-state index contributed by atoms with van der Waals surface area (Å²) in [4.78, 5) is 10.6. The van der Waals surface area contributed by atoms with E-state index in [0.29, 0.717) is 11.5 Å². The average molecular weight is 236 g/mol. The lowest BCUT2D eigenvalue weighted by Gasteiger charge is -2.15. The molecular weight excluding hydrogens is 220 g/mol. The van der Waals surface area contributed by atoms with Crippen molar-refractivity contribution in [1.29, 1.82) is 0 Å². The van der Waals surface area contributed by atoms with E-state index in [9.17, 15) is 4.79 Å². The van der Waals surface area contributed by atoms with Crippen molar-refractivity contribution in [3.63, 3.8) is 0 Å². The van der Waals surface area contributed by atoms with E-state index >= 15 is 0 Å². The van der Waals surface area contributed by atoms with Gasteiger partial charge in [0.2, 0.25) is 0 Å². The lowest BCUT2D eigenvalue weighted by atomic mass is 10.0. The van der Waals surface area contributed by atoms with E-state index in [0.717, 1.165) is 22.8 Å². The molecule has 0 bridgehead atoms. The second kappa shape index (κ2) is 5.39. The Labute approximate surface area is 100 Å². The Bertz CT molecular complexity index is 461. The Balaban J connectivity index is 3.42. The highest BCUT2D eigenvalue weighted by Crippen LogP contribution is 2.34. The number of hydrogen-bond acceptors (Lipinski definition) is 3. The summed E-state index contributed by atoms with van der Waals surface area (Å²) in [7, 11) is 3.14. The van der Waals surface area contributed by atoms with E-state index in [1.54, 1.807) is 14.2 Å². The van der Waals surface area contributed by atoms with Gasteiger partial charge in [-0.25, -0.2) is 4.79 Å². The predicted molar refractivity (Wildman–Crippen MR) is 65.7 cm³/mol. The second-order valence-corrected chi connectivity index (χ2v) is 3.64. The van der Waals surface area contributed by atoms with Crippen LogP contribution >= 0.6 is 0 Å². The number of ether oxygens (including phenoxy) is 2. The molecule has 92 valence electrons. The summed E-state index contributed by atoms with van der Waals surface area (Å²) >= 11 is 0. The number of carboxylic acid groups (broad SMARTS) is 1. The maximum Gasteiger partial charge on any atom is 0.328 e. The molecule has 17 heavy (non-hydrogen) atoms. The van der Waals surface area contributed by atoms with Gasteiger partial charge in [0.25, 0.3) is 0 Å². The van der Waals surface area contributed by atoms with Crippen molar-refractivity contribution in [2.24, 2.45) is 0 Å². The summed E-state index contributed by atoms with van der Waals surface area (Å²) in [6.07, 6.45) is 2.61. The van der Waals surface area contributed by atoms with Gasteiger partial charge in [0.1, 0.15) is 11.5 Å². The van der Waals surface area contributed by atoms with E-state index in [1.807, 2.05) is 19.9 Å². The van der Waals surface area contributed by atoms with Crippen molar-refractivity contribution in [3.05, 3.63) is 28.8 Å². The third-order valence-corrected chi connectivity index (χ3v) is 2.54. The summed E-state index contributed by atoms with van der Waals surface area (Å²) < 4.78 is 10.5. The number of aryl methyl sites for hydroxylation is 1. The molecule has 0 aliphatic heterocycles. The number of carboxylic acids is 1. The van der Waals surface area contributed by atoms with E-state index < -0.39 is 5.97 Å². The number of aliphatic carboxylic acids is 1. The van der Waals surface area contributed by atoms with Gasteiger partial charge in [-0.2, -0.15) is 0 Å². The molecule has 0 heterocycles. The lowest BCUT2D eigenvalue weighted by Crippen LogP contribution is -1.98. The summed E-state index contributed by atoms with van der Waals surface area (Å²) in [5, 5.41) is 8.67. The second-order valence-electron chi connectivity index (χ2n) is 3.64. The summed E-state index contributed by atoms with van der Waals surface area (Å²) in [6.45, 7) is 3.75. The van der Waals surface area contributed by atoms with Crippen molar-refractivity contribution in [3.8, 4) is 11.5 Å². The number of benzene rings is 1. The molecule has 0 saturated heterocycles. The fourth-order valence-electron chi connectivity index (χ4n) is 1.72. The van der Waals surface area contributed by atoms with Crippen molar-refractivity contribution in [1.82, 2.24) is 0 Å². The van der Waals surface area contributed by atoms with Crippen LogP contribution in [0, 0.1) is 13.8 Å². The standard InChI is InChI=1S/C13H16O4/c1-8-7-11(16-3)9(2)10(13(8)17-4)5-6-12(14)15/h5-7H,1-4H3,(H,14,15)/b6-5+. The minimum Gasteiger partial charge on any atom is -0.496 e. The van der Waals surface area contributed by atoms with Crippen LogP contribution in [0.1, 0.15) is 16.7 Å². The molecule has 0 aliphatic rings. The largest absolute Gasteiger partial charge is 0.496 e. The molecule has 1 rings (SSSR count). The summed E-state index contributed by atoms with van der Waals surface area (Å²) in [6, 6.07) is 1.87. The van der Waals surface area contributed by atoms with Crippen molar-refractivity contribution < 1.29 is 19.4 Å². The zero-order chi connectivity index (χ0) is 13.0. The van der Waals surface area contributed by atoms with Crippen LogP contribution in [-0.4, -0.2) is 25.3 Å². The van der Waals surface area contributed by atoms with Crippen LogP contribution in [0.2, 0.25) is 0 Å². The monoisotopic (exact) mass is 236 g/mol. The fourth-order valence-corrected chi connectivity index (χ4v) is 1.72. The van der Waals surface area contributed by atoms with Crippen LogP contribution in [-0.2, 0) is 4.79 Å². The van der Waals surface area contributed by atoms with Crippen LogP contribution in [0.5, 0.6) is 11.5 Å². The molecular formula is C13H16O4. The van der Waals surface area contributed by atoms with Crippen LogP contribution in [0.25, 0.3) is 6.08 Å². The van der Waals surface area contributed by atoms with Crippen molar-refractivity contribution >= 4 is 12.0 Å². The SMILES string of the molecule is COc1cc(C)c(OC)c(/C=C/C(=O)O)c1C. The van der Waals surface area contributed by atoms with Gasteiger partial charge in [-0.15, -0.1) is 0 Å². The first-order valence-corrected chi connectivity index (χ1v) is 5.14. The van der Waals surface area contributed by atoms with Gasteiger partial charge in [-0.1, -0.05) is 0 Å². The van der Waals surface area contributed by atoms with Gasteiger partial charge in [0, 0.05) is 17.2 Å². The van der Waals surface area contributed by atoms with Crippen LogP contribution < -0.4 is 9.47 Å². The highest BCUT2D eigenvalue weighted by atomic mass is 16.5. The normalized spacial score (nSPS) is 10.6. The third kappa shape index (κ3) is 2.78. The van der Waals surface area contributed by atoms with Crippen LogP contribution in [0.3, 0.4) is 0 Å². The van der Waals surface area contributed by atoms with Crippen molar-refractivity contribution in [2.75, 3.05) is 14.2 Å². The molecule has 0 radical (unpaired) electrons. The third-order valence-electron chi connectivity index (χ3n) is 2.54. The molecule has 0 atom stereocenters. The lowest BCUT2D eigenvalue weighted by molar-refractivity contribution is -0.131. The van der Waals surface area contributed by atoms with Gasteiger partial charge in [0.15, 0.2) is 0 Å². The first-order chi connectivity index (χ1) is 8.01. The maximum absolute atomic E-state index is 10.6. The van der Waals surface area contributed by atoms with Crippen LogP contribution in [0.15, 0.2) is 12.1 Å². The zero-order valence-corrected chi connectivity index (χ0v) is 10.4. The minimum atomic E-state index is -0.994. The Morgan fingerprint density at radius 2 is 1.94 bits per heavy atom. The Hall–Kier alpha value is -1.97. The van der Waals surface area contributed by atoms with E-state index in [4.69, 9.17) is 14.6 Å². The smallest absolute Gasteiger partial charge is 0.328 e. The highest BCUT2D eigenvalue weighted by molar-refractivity contribution is 5.86. The first kappa shape index (κ1) is 13.1. The van der Waals surface area contributed by atoms with Crippen molar-refractivity contribution in [2.45, 2.75) is 13.8 Å². The molecule has 1 aromatic carbocycles. The van der Waals surface area contributed by atoms with E-state index in [1.165, 1.54) is 6.08 Å². The first-order valence-electron chi connectivity index (χ1n) is 5.14. The molecule has 4 heteroatoms. The number of rotatable bonds is 4. The Morgan fingerprint density at radius 1 is 1.29 bits per heavy atom. The molecule has 4 nitrogen and oxygen atoms in total. The van der Waals surface area contributed by atoms with Gasteiger partial charge >= 0.3 is 5.97 Å². The predicted octanol–water partition coefficient (Wildman–Crippen LogP) is 2.42. The fraction of sp³-hybridized carbons (Fsp3) is 0.308. The topological polar surface area (TPSA) is 55.8 Å². The molecule has 1 aromatic rings. The summed E-state index contributed by atoms with van der Waals surface area (Å²) in [5.74, 6) is 0.390. The molecule has 0 unspecified atom stereocenters. The Kier molecular flexibility index (Phi) is 4.15. The molecule has 0 fully saturated rings. The van der Waals surface area contributed by atoms with E-state index in [2.05, 4.69) is 0 Å². The Morgan fingerprint density at radius 3 is 2.41 bits per heavy atom. The van der Waals surface area contributed by atoms with Crippen LogP contribution in [0.4, 0.5) is 0 Å².